The molecule has 2 amide bonds. The zero-order valence-corrected chi connectivity index (χ0v) is 15.7. The molecule has 1 aromatic heterocycles. The minimum absolute atomic E-state index is 0.0554. The van der Waals surface area contributed by atoms with E-state index in [9.17, 15) is 9.59 Å². The summed E-state index contributed by atoms with van der Waals surface area (Å²) in [6.07, 6.45) is 3.13. The molecule has 0 unspecified atom stereocenters. The van der Waals surface area contributed by atoms with E-state index >= 15 is 0 Å². The van der Waals surface area contributed by atoms with Gasteiger partial charge in [-0.1, -0.05) is 31.5 Å². The van der Waals surface area contributed by atoms with Crippen LogP contribution in [0.1, 0.15) is 24.2 Å². The Balaban J connectivity index is 1.66. The Labute approximate surface area is 162 Å². The molecule has 0 aliphatic carbocycles. The van der Waals surface area contributed by atoms with E-state index in [0.717, 1.165) is 5.69 Å². The molecule has 0 fully saturated rings. The Hall–Kier alpha value is -3.12. The molecule has 0 radical (unpaired) electrons. The van der Waals surface area contributed by atoms with E-state index in [1.165, 1.54) is 6.20 Å². The summed E-state index contributed by atoms with van der Waals surface area (Å²) < 4.78 is 1.59. The second-order valence-corrected chi connectivity index (χ2v) is 6.77. The molecule has 0 spiro atoms. The van der Waals surface area contributed by atoms with Crippen molar-refractivity contribution in [3.63, 3.8) is 0 Å². The summed E-state index contributed by atoms with van der Waals surface area (Å²) in [5, 5.41) is 10.4. The number of carbonyl (C=O) groups excluding carboxylic acids is 2. The summed E-state index contributed by atoms with van der Waals surface area (Å²) in [5.41, 5.74) is 2.50. The van der Waals surface area contributed by atoms with Crippen LogP contribution in [0, 0.1) is 5.92 Å². The fourth-order valence-corrected chi connectivity index (χ4v) is 2.51. The number of rotatable bonds is 5. The first-order chi connectivity index (χ1) is 12.9. The van der Waals surface area contributed by atoms with Gasteiger partial charge in [0.2, 0.25) is 5.91 Å². The number of hydrogen-bond acceptors (Lipinski definition) is 3. The van der Waals surface area contributed by atoms with Crippen LogP contribution in [0.4, 0.5) is 11.4 Å². The maximum absolute atomic E-state index is 12.4. The molecule has 2 N–H and O–H groups in total. The van der Waals surface area contributed by atoms with Crippen LogP contribution < -0.4 is 10.6 Å². The van der Waals surface area contributed by atoms with E-state index < -0.39 is 0 Å². The number of nitrogens with zero attached hydrogens (tertiary/aromatic N) is 2. The molecule has 3 aromatic rings. The van der Waals surface area contributed by atoms with Crippen molar-refractivity contribution < 1.29 is 9.59 Å². The largest absolute Gasteiger partial charge is 0.326 e. The highest BCUT2D eigenvalue weighted by Gasteiger charge is 2.11. The number of hydrogen-bond donors (Lipinski definition) is 2. The number of benzene rings is 2. The van der Waals surface area contributed by atoms with Gasteiger partial charge in [-0.05, 0) is 42.5 Å². The van der Waals surface area contributed by atoms with Crippen molar-refractivity contribution in [2.45, 2.75) is 13.8 Å². The van der Waals surface area contributed by atoms with Gasteiger partial charge in [0.25, 0.3) is 5.91 Å². The third-order valence-electron chi connectivity index (χ3n) is 3.85. The lowest BCUT2D eigenvalue weighted by molar-refractivity contribution is -0.118. The summed E-state index contributed by atoms with van der Waals surface area (Å²) in [7, 11) is 0. The minimum Gasteiger partial charge on any atom is -0.326 e. The zero-order valence-electron chi connectivity index (χ0n) is 14.9. The Bertz CT molecular complexity index is 964. The van der Waals surface area contributed by atoms with Gasteiger partial charge in [0.15, 0.2) is 0 Å². The molecule has 2 aromatic carbocycles. The monoisotopic (exact) mass is 382 g/mol. The first kappa shape index (κ1) is 18.7. The van der Waals surface area contributed by atoms with E-state index in [0.29, 0.717) is 22.0 Å². The molecule has 0 saturated heterocycles. The lowest BCUT2D eigenvalue weighted by atomic mass is 10.2. The van der Waals surface area contributed by atoms with Gasteiger partial charge in [-0.2, -0.15) is 5.10 Å². The highest BCUT2D eigenvalue weighted by atomic mass is 35.5. The van der Waals surface area contributed by atoms with E-state index in [1.807, 2.05) is 26.0 Å². The predicted octanol–water partition coefficient (Wildman–Crippen LogP) is 4.37. The van der Waals surface area contributed by atoms with Crippen LogP contribution in [-0.2, 0) is 4.79 Å². The summed E-state index contributed by atoms with van der Waals surface area (Å²) in [6.45, 7) is 3.65. The van der Waals surface area contributed by atoms with Gasteiger partial charge in [-0.15, -0.1) is 0 Å². The molecule has 27 heavy (non-hydrogen) atoms. The highest BCUT2D eigenvalue weighted by Crippen LogP contribution is 2.17. The van der Waals surface area contributed by atoms with Gasteiger partial charge in [0.1, 0.15) is 0 Å². The summed E-state index contributed by atoms with van der Waals surface area (Å²) in [5.74, 6) is -0.428. The summed E-state index contributed by atoms with van der Waals surface area (Å²) >= 11 is 5.99. The second kappa shape index (κ2) is 8.05. The number of amides is 2. The number of anilines is 2. The average molecular weight is 383 g/mol. The van der Waals surface area contributed by atoms with Gasteiger partial charge in [0, 0.05) is 28.5 Å². The van der Waals surface area contributed by atoms with Crippen LogP contribution in [0.5, 0.6) is 0 Å². The molecule has 0 aliphatic heterocycles. The quantitative estimate of drug-likeness (QED) is 0.687. The van der Waals surface area contributed by atoms with Gasteiger partial charge in [-0.3, -0.25) is 9.59 Å². The lowest BCUT2D eigenvalue weighted by Gasteiger charge is -2.09. The Morgan fingerprint density at radius 1 is 1.04 bits per heavy atom. The van der Waals surface area contributed by atoms with E-state index in [-0.39, 0.29) is 17.7 Å². The van der Waals surface area contributed by atoms with Crippen molar-refractivity contribution >= 4 is 34.8 Å². The van der Waals surface area contributed by atoms with Gasteiger partial charge >= 0.3 is 0 Å². The minimum atomic E-state index is -0.276. The third-order valence-corrected chi connectivity index (χ3v) is 4.09. The van der Waals surface area contributed by atoms with Crippen molar-refractivity contribution in [2.75, 3.05) is 10.6 Å². The number of halogens is 1. The van der Waals surface area contributed by atoms with Gasteiger partial charge in [0.05, 0.1) is 17.4 Å². The normalized spacial score (nSPS) is 10.7. The number of aromatic nitrogens is 2. The van der Waals surface area contributed by atoms with Crippen LogP contribution in [0.3, 0.4) is 0 Å². The van der Waals surface area contributed by atoms with Crippen LogP contribution in [0.2, 0.25) is 5.02 Å². The second-order valence-electron chi connectivity index (χ2n) is 6.33. The molecule has 6 nitrogen and oxygen atoms in total. The summed E-state index contributed by atoms with van der Waals surface area (Å²) in [4.78, 5) is 24.1. The van der Waals surface area contributed by atoms with Crippen LogP contribution in [0.15, 0.2) is 60.9 Å². The van der Waals surface area contributed by atoms with Crippen molar-refractivity contribution in [1.29, 1.82) is 0 Å². The fourth-order valence-electron chi connectivity index (χ4n) is 2.33. The van der Waals surface area contributed by atoms with Crippen molar-refractivity contribution in [3.8, 4) is 5.69 Å². The Morgan fingerprint density at radius 2 is 1.70 bits per heavy atom. The number of carbonyl (C=O) groups is 2. The molecule has 3 rings (SSSR count). The molecular weight excluding hydrogens is 364 g/mol. The van der Waals surface area contributed by atoms with E-state index in [1.54, 1.807) is 47.3 Å². The molecular formula is C20H19ClN4O2. The van der Waals surface area contributed by atoms with Crippen molar-refractivity contribution in [2.24, 2.45) is 5.92 Å². The molecule has 0 bridgehead atoms. The highest BCUT2D eigenvalue weighted by molar-refractivity contribution is 6.30. The van der Waals surface area contributed by atoms with Crippen LogP contribution >= 0.6 is 11.6 Å². The average Bonchev–Trinajstić information content (AvgIpc) is 3.13. The predicted molar refractivity (Wildman–Crippen MR) is 106 cm³/mol. The van der Waals surface area contributed by atoms with Crippen molar-refractivity contribution in [3.05, 3.63) is 71.5 Å². The topological polar surface area (TPSA) is 76.0 Å². The zero-order chi connectivity index (χ0) is 19.4. The maximum Gasteiger partial charge on any atom is 0.258 e. The van der Waals surface area contributed by atoms with Crippen molar-refractivity contribution in [1.82, 2.24) is 9.78 Å². The van der Waals surface area contributed by atoms with Crippen LogP contribution in [-0.4, -0.2) is 21.6 Å². The Kier molecular flexibility index (Phi) is 5.57. The first-order valence-electron chi connectivity index (χ1n) is 8.45. The smallest absolute Gasteiger partial charge is 0.258 e. The summed E-state index contributed by atoms with van der Waals surface area (Å²) in [6, 6.07) is 14.2. The van der Waals surface area contributed by atoms with E-state index in [2.05, 4.69) is 15.7 Å². The molecule has 1 heterocycles. The van der Waals surface area contributed by atoms with Gasteiger partial charge < -0.3 is 10.6 Å². The van der Waals surface area contributed by atoms with E-state index in [4.69, 9.17) is 11.6 Å². The molecule has 0 aliphatic rings. The standard InChI is InChI=1S/C20H19ClN4O2/c1-13(2)19(26)23-16-6-8-17(9-7-16)24-20(27)14-11-22-25(12-14)18-5-3-4-15(21)10-18/h3-13H,1-2H3,(H,23,26)(H,24,27). The maximum atomic E-state index is 12.4. The van der Waals surface area contributed by atoms with Crippen LogP contribution in [0.25, 0.3) is 5.69 Å². The fraction of sp³-hybridized carbons (Fsp3) is 0.150. The third kappa shape index (κ3) is 4.74. The first-order valence-corrected chi connectivity index (χ1v) is 8.83. The molecule has 0 saturated carbocycles. The molecule has 7 heteroatoms. The molecule has 0 atom stereocenters. The van der Waals surface area contributed by atoms with Gasteiger partial charge in [-0.25, -0.2) is 4.68 Å². The molecule has 138 valence electrons. The Morgan fingerprint density at radius 3 is 2.33 bits per heavy atom. The lowest BCUT2D eigenvalue weighted by Crippen LogP contribution is -2.17. The number of nitrogens with one attached hydrogen (secondary N) is 2. The SMILES string of the molecule is CC(C)C(=O)Nc1ccc(NC(=O)c2cnn(-c3cccc(Cl)c3)c2)cc1.